The molecular weight excluding hydrogens is 378 g/mol. The van der Waals surface area contributed by atoms with Crippen molar-refractivity contribution in [3.8, 4) is 22.7 Å². The third-order valence-electron chi connectivity index (χ3n) is 5.13. The molecule has 0 unspecified atom stereocenters. The Labute approximate surface area is 174 Å². The second-order valence-electron chi connectivity index (χ2n) is 7.27. The highest BCUT2D eigenvalue weighted by Gasteiger charge is 2.15. The lowest BCUT2D eigenvalue weighted by atomic mass is 10.0. The fraction of sp³-hybridized carbons (Fsp3) is 0.217. The Hall–Kier alpha value is -3.74. The van der Waals surface area contributed by atoms with E-state index < -0.39 is 0 Å². The lowest BCUT2D eigenvalue weighted by molar-refractivity contribution is 0.290. The summed E-state index contributed by atoms with van der Waals surface area (Å²) in [6.45, 7) is 6.21. The zero-order valence-electron chi connectivity index (χ0n) is 17.5. The van der Waals surface area contributed by atoms with E-state index in [1.54, 1.807) is 7.05 Å². The molecule has 0 fully saturated rings. The van der Waals surface area contributed by atoms with Crippen LogP contribution in [-0.4, -0.2) is 24.8 Å². The van der Waals surface area contributed by atoms with Crippen LogP contribution in [0.4, 0.5) is 0 Å². The summed E-state index contributed by atoms with van der Waals surface area (Å²) in [5.41, 5.74) is 6.28. The molecule has 0 amide bonds. The first-order chi connectivity index (χ1) is 14.5. The highest BCUT2D eigenvalue weighted by Crippen LogP contribution is 2.28. The van der Waals surface area contributed by atoms with Crippen LogP contribution in [0.15, 0.2) is 59.4 Å². The van der Waals surface area contributed by atoms with Crippen LogP contribution in [-0.2, 0) is 13.7 Å². The molecule has 2 aromatic carbocycles. The molecule has 2 heterocycles. The van der Waals surface area contributed by atoms with Crippen LogP contribution in [0.1, 0.15) is 22.4 Å². The quantitative estimate of drug-likeness (QED) is 0.511. The smallest absolute Gasteiger partial charge is 0.368 e. The predicted octanol–water partition coefficient (Wildman–Crippen LogP) is 3.53. The van der Waals surface area contributed by atoms with Crippen molar-refractivity contribution in [3.63, 3.8) is 0 Å². The van der Waals surface area contributed by atoms with E-state index in [-0.39, 0.29) is 12.3 Å². The van der Waals surface area contributed by atoms with Crippen molar-refractivity contribution in [2.24, 2.45) is 7.05 Å². The van der Waals surface area contributed by atoms with Crippen molar-refractivity contribution in [3.05, 3.63) is 87.5 Å². The Morgan fingerprint density at radius 1 is 0.933 bits per heavy atom. The number of tetrazole rings is 1. The van der Waals surface area contributed by atoms with Gasteiger partial charge in [0, 0.05) is 29.4 Å². The van der Waals surface area contributed by atoms with Gasteiger partial charge in [0.2, 0.25) is 5.88 Å². The molecule has 4 rings (SSSR count). The summed E-state index contributed by atoms with van der Waals surface area (Å²) < 4.78 is 8.59. The van der Waals surface area contributed by atoms with Crippen molar-refractivity contribution < 1.29 is 4.74 Å². The Kier molecular flexibility index (Phi) is 5.18. The average molecular weight is 401 g/mol. The SMILES string of the molecule is Cc1cc(-c2ccccc2)c(C)nc1OCc1c(C)cccc1-n1nnn(C)c1=O. The molecule has 0 saturated heterocycles. The molecule has 0 bridgehead atoms. The molecule has 0 aliphatic rings. The minimum atomic E-state index is -0.306. The van der Waals surface area contributed by atoms with Crippen molar-refractivity contribution in [1.82, 2.24) is 24.8 Å². The minimum absolute atomic E-state index is 0.267. The van der Waals surface area contributed by atoms with Crippen molar-refractivity contribution in [2.45, 2.75) is 27.4 Å². The number of hydrogen-bond acceptors (Lipinski definition) is 5. The van der Waals surface area contributed by atoms with Gasteiger partial charge < -0.3 is 4.74 Å². The maximum Gasteiger partial charge on any atom is 0.368 e. The van der Waals surface area contributed by atoms with Crippen LogP contribution in [0.5, 0.6) is 5.88 Å². The Morgan fingerprint density at radius 3 is 2.40 bits per heavy atom. The molecular formula is C23H23N5O2. The fourth-order valence-corrected chi connectivity index (χ4v) is 3.42. The van der Waals surface area contributed by atoms with E-state index in [2.05, 4.69) is 28.6 Å². The molecule has 0 N–H and O–H groups in total. The number of rotatable bonds is 5. The van der Waals surface area contributed by atoms with Gasteiger partial charge in [0.25, 0.3) is 0 Å². The molecule has 0 spiro atoms. The molecule has 0 aliphatic carbocycles. The number of aromatic nitrogens is 5. The monoisotopic (exact) mass is 401 g/mol. The summed E-state index contributed by atoms with van der Waals surface area (Å²) >= 11 is 0. The third kappa shape index (κ3) is 3.61. The first kappa shape index (κ1) is 19.6. The summed E-state index contributed by atoms with van der Waals surface area (Å²) in [6, 6.07) is 18.0. The molecule has 4 aromatic rings. The number of aryl methyl sites for hydroxylation is 4. The van der Waals surface area contributed by atoms with Gasteiger partial charge in [-0.3, -0.25) is 0 Å². The van der Waals surface area contributed by atoms with Crippen LogP contribution in [0, 0.1) is 20.8 Å². The van der Waals surface area contributed by atoms with E-state index in [1.165, 1.54) is 9.36 Å². The molecule has 30 heavy (non-hydrogen) atoms. The standard InChI is InChI=1S/C23H23N5O2/c1-15-9-8-12-21(28-23(29)27(4)25-26-28)20(15)14-30-22-16(2)13-19(17(3)24-22)18-10-6-5-7-11-18/h5-13H,14H2,1-4H3. The lowest BCUT2D eigenvalue weighted by Gasteiger charge is -2.15. The first-order valence-electron chi connectivity index (χ1n) is 9.70. The number of hydrogen-bond donors (Lipinski definition) is 0. The first-order valence-corrected chi connectivity index (χ1v) is 9.70. The molecule has 0 saturated carbocycles. The van der Waals surface area contributed by atoms with E-state index in [0.717, 1.165) is 33.5 Å². The van der Waals surface area contributed by atoms with E-state index in [1.807, 2.05) is 57.2 Å². The largest absolute Gasteiger partial charge is 0.473 e. The second kappa shape index (κ2) is 7.94. The molecule has 7 heteroatoms. The van der Waals surface area contributed by atoms with Gasteiger partial charge in [0.1, 0.15) is 6.61 Å². The van der Waals surface area contributed by atoms with E-state index in [0.29, 0.717) is 11.6 Å². The Balaban J connectivity index is 1.66. The predicted molar refractivity (Wildman–Crippen MR) is 115 cm³/mol. The number of ether oxygens (including phenoxy) is 1. The highest BCUT2D eigenvalue weighted by atomic mass is 16.5. The maximum atomic E-state index is 12.3. The number of pyridine rings is 1. The van der Waals surface area contributed by atoms with E-state index in [4.69, 9.17) is 9.72 Å². The molecule has 0 atom stereocenters. The van der Waals surface area contributed by atoms with Crippen molar-refractivity contribution in [2.75, 3.05) is 0 Å². The Morgan fingerprint density at radius 2 is 1.70 bits per heavy atom. The van der Waals surface area contributed by atoms with Crippen molar-refractivity contribution in [1.29, 1.82) is 0 Å². The van der Waals surface area contributed by atoms with Gasteiger partial charge >= 0.3 is 5.69 Å². The van der Waals surface area contributed by atoms with Gasteiger partial charge in [-0.25, -0.2) is 9.78 Å². The number of nitrogens with zero attached hydrogens (tertiary/aromatic N) is 5. The summed E-state index contributed by atoms with van der Waals surface area (Å²) in [5, 5.41) is 7.77. The van der Waals surface area contributed by atoms with Crippen molar-refractivity contribution >= 4 is 0 Å². The van der Waals surface area contributed by atoms with Gasteiger partial charge in [-0.1, -0.05) is 42.5 Å². The Bertz CT molecular complexity index is 1260. The van der Waals surface area contributed by atoms with Crippen LogP contribution in [0.2, 0.25) is 0 Å². The maximum absolute atomic E-state index is 12.3. The lowest BCUT2D eigenvalue weighted by Crippen LogP contribution is -2.23. The average Bonchev–Trinajstić information content (AvgIpc) is 3.08. The second-order valence-corrected chi connectivity index (χ2v) is 7.27. The minimum Gasteiger partial charge on any atom is -0.473 e. The van der Waals surface area contributed by atoms with Gasteiger partial charge in [-0.2, -0.15) is 9.36 Å². The van der Waals surface area contributed by atoms with Gasteiger partial charge in [0.05, 0.1) is 5.69 Å². The molecule has 0 radical (unpaired) electrons. The van der Waals surface area contributed by atoms with Gasteiger partial charge in [0.15, 0.2) is 0 Å². The highest BCUT2D eigenvalue weighted by molar-refractivity contribution is 5.67. The van der Waals surface area contributed by atoms with E-state index in [9.17, 15) is 4.79 Å². The molecule has 7 nitrogen and oxygen atoms in total. The summed E-state index contributed by atoms with van der Waals surface area (Å²) in [5.74, 6) is 0.577. The normalized spacial score (nSPS) is 10.9. The zero-order chi connectivity index (χ0) is 21.3. The fourth-order valence-electron chi connectivity index (χ4n) is 3.42. The molecule has 2 aromatic heterocycles. The van der Waals surface area contributed by atoms with Crippen LogP contribution in [0.25, 0.3) is 16.8 Å². The topological polar surface area (TPSA) is 74.8 Å². The van der Waals surface area contributed by atoms with Crippen LogP contribution >= 0.6 is 0 Å². The van der Waals surface area contributed by atoms with Gasteiger partial charge in [-0.05, 0) is 54.5 Å². The summed E-state index contributed by atoms with van der Waals surface area (Å²) in [7, 11) is 1.57. The van der Waals surface area contributed by atoms with Gasteiger partial charge in [-0.15, -0.1) is 0 Å². The zero-order valence-corrected chi connectivity index (χ0v) is 17.5. The molecule has 152 valence electrons. The van der Waals surface area contributed by atoms with Crippen LogP contribution in [0.3, 0.4) is 0 Å². The summed E-state index contributed by atoms with van der Waals surface area (Å²) in [4.78, 5) is 17.0. The molecule has 0 aliphatic heterocycles. The summed E-state index contributed by atoms with van der Waals surface area (Å²) in [6.07, 6.45) is 0. The van der Waals surface area contributed by atoms with Crippen LogP contribution < -0.4 is 10.4 Å². The third-order valence-corrected chi connectivity index (χ3v) is 5.13. The number of benzene rings is 2. The van der Waals surface area contributed by atoms with E-state index >= 15 is 0 Å².